The molecule has 0 aliphatic rings. The number of aryl methyl sites for hydroxylation is 1. The highest BCUT2D eigenvalue weighted by atomic mass is 35.5. The van der Waals surface area contributed by atoms with Crippen LogP contribution in [0.25, 0.3) is 16.6 Å². The number of pyridine rings is 1. The Morgan fingerprint density at radius 1 is 1.05 bits per heavy atom. The molecule has 0 aliphatic carbocycles. The lowest BCUT2D eigenvalue weighted by molar-refractivity contribution is -0.139. The quantitative estimate of drug-likeness (QED) is 0.284. The van der Waals surface area contributed by atoms with E-state index in [-0.39, 0.29) is 22.2 Å². The van der Waals surface area contributed by atoms with E-state index in [0.29, 0.717) is 28.7 Å². The maximum Gasteiger partial charge on any atom is 0.335 e. The molecule has 0 unspecified atom stereocenters. The highest BCUT2D eigenvalue weighted by molar-refractivity contribution is 6.39. The summed E-state index contributed by atoms with van der Waals surface area (Å²) in [4.78, 5) is 54.7. The lowest BCUT2D eigenvalue weighted by Crippen LogP contribution is -2.42. The van der Waals surface area contributed by atoms with Crippen molar-refractivity contribution in [1.82, 2.24) is 24.8 Å². The predicted octanol–water partition coefficient (Wildman–Crippen LogP) is 2.54. The molecule has 12 heteroatoms. The molecular weight excluding hydrogens is 533 g/mol. The van der Waals surface area contributed by atoms with E-state index in [0.717, 1.165) is 10.1 Å². The number of rotatable bonds is 8. The molecule has 0 spiro atoms. The van der Waals surface area contributed by atoms with Gasteiger partial charge in [-0.1, -0.05) is 41.4 Å². The summed E-state index contributed by atoms with van der Waals surface area (Å²) in [5, 5.41) is 15.4. The fraction of sp³-hybridized carbons (Fsp3) is 0.192. The number of carbonyl (C=O) groups excluding carboxylic acids is 1. The first-order valence-electron chi connectivity index (χ1n) is 11.4. The van der Waals surface area contributed by atoms with Crippen LogP contribution in [0.1, 0.15) is 21.5 Å². The summed E-state index contributed by atoms with van der Waals surface area (Å²) in [5.41, 5.74) is 1.18. The van der Waals surface area contributed by atoms with Crippen LogP contribution in [0, 0.1) is 0 Å². The molecule has 0 radical (unpaired) electrons. The summed E-state index contributed by atoms with van der Waals surface area (Å²) >= 11 is 12.0. The minimum atomic E-state index is -1.30. The third-order valence-electron chi connectivity index (χ3n) is 6.03. The van der Waals surface area contributed by atoms with Crippen LogP contribution in [0.2, 0.25) is 10.2 Å². The molecule has 0 bridgehead atoms. The van der Waals surface area contributed by atoms with E-state index in [2.05, 4.69) is 15.6 Å². The van der Waals surface area contributed by atoms with Gasteiger partial charge < -0.3 is 15.7 Å². The van der Waals surface area contributed by atoms with Gasteiger partial charge in [-0.15, -0.1) is 0 Å². The first-order valence-corrected chi connectivity index (χ1v) is 12.2. The van der Waals surface area contributed by atoms with E-state index in [1.165, 1.54) is 16.8 Å². The van der Waals surface area contributed by atoms with Crippen LogP contribution in [0.5, 0.6) is 0 Å². The van der Waals surface area contributed by atoms with Gasteiger partial charge in [-0.3, -0.25) is 14.2 Å². The Kier molecular flexibility index (Phi) is 7.96. The van der Waals surface area contributed by atoms with Crippen molar-refractivity contribution in [2.24, 2.45) is 7.05 Å². The van der Waals surface area contributed by atoms with E-state index in [4.69, 9.17) is 23.2 Å². The monoisotopic (exact) mass is 555 g/mol. The number of nitrogens with one attached hydrogen (secondary N) is 2. The summed E-state index contributed by atoms with van der Waals surface area (Å²) < 4.78 is 2.47. The number of hydrogen-bond donors (Lipinski definition) is 3. The number of amides is 1. The van der Waals surface area contributed by atoms with Crippen LogP contribution in [0.15, 0.2) is 64.3 Å². The van der Waals surface area contributed by atoms with Crippen molar-refractivity contribution in [3.8, 4) is 5.69 Å². The van der Waals surface area contributed by atoms with Gasteiger partial charge in [-0.25, -0.2) is 19.1 Å². The van der Waals surface area contributed by atoms with Crippen molar-refractivity contribution in [3.63, 3.8) is 0 Å². The number of carboxylic acids is 1. The van der Waals surface area contributed by atoms with Crippen molar-refractivity contribution >= 4 is 46.0 Å². The molecule has 2 aromatic carbocycles. The summed E-state index contributed by atoms with van der Waals surface area (Å²) in [6.07, 6.45) is 1.25. The van der Waals surface area contributed by atoms with Crippen LogP contribution >= 0.6 is 23.2 Å². The van der Waals surface area contributed by atoms with E-state index in [1.807, 2.05) is 6.07 Å². The number of benzene rings is 2. The van der Waals surface area contributed by atoms with Gasteiger partial charge in [0.05, 0.1) is 27.2 Å². The molecule has 1 amide bonds. The second-order valence-electron chi connectivity index (χ2n) is 8.56. The minimum Gasteiger partial charge on any atom is -0.480 e. The fourth-order valence-electron chi connectivity index (χ4n) is 4.11. The molecule has 196 valence electrons. The first kappa shape index (κ1) is 27.1. The summed E-state index contributed by atoms with van der Waals surface area (Å²) in [6.45, 7) is 0.563. The van der Waals surface area contributed by atoms with Crippen LogP contribution in [0.3, 0.4) is 0 Å². The average Bonchev–Trinajstić information content (AvgIpc) is 2.88. The third kappa shape index (κ3) is 5.33. The second kappa shape index (κ2) is 11.2. The van der Waals surface area contributed by atoms with Crippen molar-refractivity contribution in [2.45, 2.75) is 19.0 Å². The van der Waals surface area contributed by atoms with E-state index in [9.17, 15) is 24.3 Å². The Morgan fingerprint density at radius 2 is 1.74 bits per heavy atom. The average molecular weight is 556 g/mol. The van der Waals surface area contributed by atoms with Gasteiger partial charge in [0, 0.05) is 26.2 Å². The number of fused-ring (bicyclic) bond motifs is 1. The summed E-state index contributed by atoms with van der Waals surface area (Å²) in [6, 6.07) is 11.7. The van der Waals surface area contributed by atoms with Crippen molar-refractivity contribution in [1.29, 1.82) is 0 Å². The Hall–Kier alpha value is -3.99. The molecule has 3 N–H and O–H groups in total. The van der Waals surface area contributed by atoms with Crippen molar-refractivity contribution < 1.29 is 14.7 Å². The molecular formula is C26H23Cl2N5O5. The zero-order valence-corrected chi connectivity index (χ0v) is 21.9. The number of halogens is 2. The fourth-order valence-corrected chi connectivity index (χ4v) is 4.64. The molecule has 0 saturated carbocycles. The van der Waals surface area contributed by atoms with Gasteiger partial charge in [0.2, 0.25) is 0 Å². The Bertz CT molecular complexity index is 1640. The van der Waals surface area contributed by atoms with Crippen LogP contribution in [0.4, 0.5) is 0 Å². The van der Waals surface area contributed by atoms with Gasteiger partial charge in [-0.2, -0.15) is 0 Å². The molecule has 38 heavy (non-hydrogen) atoms. The highest BCUT2D eigenvalue weighted by Gasteiger charge is 2.24. The van der Waals surface area contributed by atoms with Crippen LogP contribution in [-0.2, 0) is 24.8 Å². The largest absolute Gasteiger partial charge is 0.480 e. The van der Waals surface area contributed by atoms with E-state index < -0.39 is 29.2 Å². The Labute approximate surface area is 226 Å². The first-order chi connectivity index (χ1) is 18.1. The number of aromatic nitrogens is 3. The van der Waals surface area contributed by atoms with E-state index in [1.54, 1.807) is 50.5 Å². The van der Waals surface area contributed by atoms with Crippen LogP contribution in [-0.4, -0.2) is 44.2 Å². The predicted molar refractivity (Wildman–Crippen MR) is 144 cm³/mol. The molecule has 2 heterocycles. The highest BCUT2D eigenvalue weighted by Crippen LogP contribution is 2.22. The summed E-state index contributed by atoms with van der Waals surface area (Å²) in [5.74, 6) is -2.04. The Morgan fingerprint density at radius 3 is 2.37 bits per heavy atom. The molecule has 0 aliphatic heterocycles. The lowest BCUT2D eigenvalue weighted by Gasteiger charge is -2.16. The summed E-state index contributed by atoms with van der Waals surface area (Å²) in [7, 11) is 3.39. The smallest absolute Gasteiger partial charge is 0.335 e. The van der Waals surface area contributed by atoms with Crippen LogP contribution < -0.4 is 21.9 Å². The van der Waals surface area contributed by atoms with Gasteiger partial charge in [0.1, 0.15) is 11.2 Å². The maximum absolute atomic E-state index is 13.3. The standard InChI is InChI=1S/C26H23Cl2N5O5/c1-29-13-15-5-8-20-17(11-15)24(35)33(26(38)32(20)2)16-6-3-14(4-7-16)12-19(25(36)37)31-23(34)21-18(27)9-10-30-22(21)28/h3-11,19,29H,12-13H2,1-2H3,(H,31,34)(H,36,37)/t19-/m0/s1. The number of nitrogens with zero attached hydrogens (tertiary/aromatic N) is 3. The van der Waals surface area contributed by atoms with Gasteiger partial charge in [0.15, 0.2) is 0 Å². The van der Waals surface area contributed by atoms with Gasteiger partial charge in [0.25, 0.3) is 11.5 Å². The lowest BCUT2D eigenvalue weighted by atomic mass is 10.0. The molecule has 4 rings (SSSR count). The molecule has 0 saturated heterocycles. The van der Waals surface area contributed by atoms with E-state index >= 15 is 0 Å². The second-order valence-corrected chi connectivity index (χ2v) is 9.32. The topological polar surface area (TPSA) is 135 Å². The van der Waals surface area contributed by atoms with Gasteiger partial charge >= 0.3 is 11.7 Å². The number of carbonyl (C=O) groups is 2. The van der Waals surface area contributed by atoms with Gasteiger partial charge in [-0.05, 0) is 48.5 Å². The zero-order valence-electron chi connectivity index (χ0n) is 20.4. The molecule has 10 nitrogen and oxygen atoms in total. The number of aliphatic carboxylic acids is 1. The van der Waals surface area contributed by atoms with Crippen molar-refractivity contribution in [2.75, 3.05) is 7.05 Å². The normalized spacial score (nSPS) is 11.9. The molecule has 2 aromatic heterocycles. The molecule has 0 fully saturated rings. The minimum absolute atomic E-state index is 0.0384. The number of carboxylic acid groups (broad SMARTS) is 1. The Balaban J connectivity index is 1.63. The maximum atomic E-state index is 13.3. The number of hydrogen-bond acceptors (Lipinski definition) is 6. The van der Waals surface area contributed by atoms with Crippen molar-refractivity contribution in [3.05, 3.63) is 102 Å². The molecule has 4 aromatic rings. The molecule has 1 atom stereocenters. The zero-order chi connectivity index (χ0) is 27.6. The SMILES string of the molecule is CNCc1ccc2c(c1)c(=O)n(-c1ccc(C[C@H](NC(=O)c3c(Cl)ccnc3Cl)C(=O)O)cc1)c(=O)n2C. The third-order valence-corrected chi connectivity index (χ3v) is 6.64.